The number of benzene rings is 1. The van der Waals surface area contributed by atoms with E-state index in [0.29, 0.717) is 17.3 Å². The van der Waals surface area contributed by atoms with E-state index in [2.05, 4.69) is 10.3 Å². The predicted molar refractivity (Wildman–Crippen MR) is 79.2 cm³/mol. The fraction of sp³-hybridized carbons (Fsp3) is 0.200. The Morgan fingerprint density at radius 3 is 2.90 bits per heavy atom. The van der Waals surface area contributed by atoms with Crippen molar-refractivity contribution in [3.8, 4) is 0 Å². The van der Waals surface area contributed by atoms with Crippen LogP contribution >= 0.6 is 11.6 Å². The van der Waals surface area contributed by atoms with E-state index in [1.165, 1.54) is 12.3 Å². The van der Waals surface area contributed by atoms with E-state index in [0.717, 1.165) is 17.7 Å². The van der Waals surface area contributed by atoms with E-state index in [-0.39, 0.29) is 5.91 Å². The zero-order valence-corrected chi connectivity index (χ0v) is 11.9. The van der Waals surface area contributed by atoms with Crippen molar-refractivity contribution >= 4 is 23.2 Å². The molecule has 1 heterocycles. The van der Waals surface area contributed by atoms with Gasteiger partial charge in [0.1, 0.15) is 5.15 Å². The van der Waals surface area contributed by atoms with Crippen molar-refractivity contribution in [2.45, 2.75) is 6.42 Å². The van der Waals surface area contributed by atoms with E-state index in [1.807, 2.05) is 24.3 Å². The molecule has 1 aromatic carbocycles. The van der Waals surface area contributed by atoms with Crippen LogP contribution in [-0.4, -0.2) is 24.6 Å². The van der Waals surface area contributed by atoms with Crippen molar-refractivity contribution in [3.05, 3.63) is 58.9 Å². The third kappa shape index (κ3) is 3.79. The Balaban J connectivity index is 2.15. The molecule has 1 amide bonds. The number of halogens is 1. The lowest BCUT2D eigenvalue weighted by Gasteiger charge is -2.10. The van der Waals surface area contributed by atoms with Gasteiger partial charge in [0, 0.05) is 24.6 Å². The molecule has 104 valence electrons. The van der Waals surface area contributed by atoms with Crippen LogP contribution in [0.2, 0.25) is 5.15 Å². The molecule has 0 saturated carbocycles. The summed E-state index contributed by atoms with van der Waals surface area (Å²) in [6.07, 6.45) is 2.25. The summed E-state index contributed by atoms with van der Waals surface area (Å²) in [6.45, 7) is 0.605. The number of carbonyl (C=O) groups is 1. The SMILES string of the molecule is COCCc1ccccc1NC(=O)c1ccnc(Cl)c1. The Labute approximate surface area is 122 Å². The zero-order valence-electron chi connectivity index (χ0n) is 11.1. The Hall–Kier alpha value is -1.91. The molecule has 1 N–H and O–H groups in total. The maximum Gasteiger partial charge on any atom is 0.255 e. The molecule has 4 nitrogen and oxygen atoms in total. The zero-order chi connectivity index (χ0) is 14.4. The van der Waals surface area contributed by atoms with Crippen molar-refractivity contribution in [3.63, 3.8) is 0 Å². The van der Waals surface area contributed by atoms with Gasteiger partial charge in [-0.1, -0.05) is 29.8 Å². The highest BCUT2D eigenvalue weighted by atomic mass is 35.5. The molecule has 1 aromatic heterocycles. The monoisotopic (exact) mass is 290 g/mol. The molecule has 0 atom stereocenters. The largest absolute Gasteiger partial charge is 0.384 e. The summed E-state index contributed by atoms with van der Waals surface area (Å²) in [5, 5.41) is 3.18. The molecular weight excluding hydrogens is 276 g/mol. The van der Waals surface area contributed by atoms with Crippen molar-refractivity contribution in [1.82, 2.24) is 4.98 Å². The first kappa shape index (κ1) is 14.5. The van der Waals surface area contributed by atoms with Crippen LogP contribution in [0.25, 0.3) is 0 Å². The maximum atomic E-state index is 12.2. The predicted octanol–water partition coefficient (Wildman–Crippen LogP) is 3.18. The van der Waals surface area contributed by atoms with Gasteiger partial charge in [0.05, 0.1) is 6.61 Å². The first-order valence-electron chi connectivity index (χ1n) is 6.20. The van der Waals surface area contributed by atoms with Crippen molar-refractivity contribution in [2.75, 3.05) is 19.0 Å². The molecule has 5 heteroatoms. The van der Waals surface area contributed by atoms with Gasteiger partial charge in [0.25, 0.3) is 5.91 Å². The van der Waals surface area contributed by atoms with Gasteiger partial charge < -0.3 is 10.1 Å². The number of amides is 1. The van der Waals surface area contributed by atoms with Gasteiger partial charge >= 0.3 is 0 Å². The second-order valence-corrected chi connectivity index (χ2v) is 4.61. The number of nitrogens with one attached hydrogen (secondary N) is 1. The van der Waals surface area contributed by atoms with Gasteiger partial charge in [-0.3, -0.25) is 4.79 Å². The molecule has 20 heavy (non-hydrogen) atoms. The van der Waals surface area contributed by atoms with Crippen LogP contribution in [0.4, 0.5) is 5.69 Å². The minimum atomic E-state index is -0.209. The number of methoxy groups -OCH3 is 1. The molecule has 0 aliphatic heterocycles. The first-order chi connectivity index (χ1) is 9.70. The summed E-state index contributed by atoms with van der Waals surface area (Å²) in [5.74, 6) is -0.209. The number of carbonyl (C=O) groups excluding carboxylic acids is 1. The minimum absolute atomic E-state index is 0.209. The molecule has 0 spiro atoms. The van der Waals surface area contributed by atoms with E-state index in [9.17, 15) is 4.79 Å². The standard InChI is InChI=1S/C15H15ClN2O2/c1-20-9-7-11-4-2-3-5-13(11)18-15(19)12-6-8-17-14(16)10-12/h2-6,8,10H,7,9H2,1H3,(H,18,19). The average Bonchev–Trinajstić information content (AvgIpc) is 2.46. The number of ether oxygens (including phenoxy) is 1. The number of nitrogens with zero attached hydrogens (tertiary/aromatic N) is 1. The van der Waals surface area contributed by atoms with E-state index >= 15 is 0 Å². The van der Waals surface area contributed by atoms with Crippen molar-refractivity contribution < 1.29 is 9.53 Å². The highest BCUT2D eigenvalue weighted by Gasteiger charge is 2.09. The summed E-state index contributed by atoms with van der Waals surface area (Å²) in [4.78, 5) is 16.0. The average molecular weight is 291 g/mol. The van der Waals surface area contributed by atoms with Gasteiger partial charge in [-0.15, -0.1) is 0 Å². The van der Waals surface area contributed by atoms with E-state index in [1.54, 1.807) is 13.2 Å². The lowest BCUT2D eigenvalue weighted by Crippen LogP contribution is -2.13. The first-order valence-corrected chi connectivity index (χ1v) is 6.58. The summed E-state index contributed by atoms with van der Waals surface area (Å²) in [7, 11) is 1.65. The highest BCUT2D eigenvalue weighted by Crippen LogP contribution is 2.17. The van der Waals surface area contributed by atoms with Gasteiger partial charge in [0.2, 0.25) is 0 Å². The van der Waals surface area contributed by atoms with Crippen LogP contribution in [0.15, 0.2) is 42.6 Å². The summed E-state index contributed by atoms with van der Waals surface area (Å²) < 4.78 is 5.07. The topological polar surface area (TPSA) is 51.2 Å². The van der Waals surface area contributed by atoms with Gasteiger partial charge in [-0.2, -0.15) is 0 Å². The molecule has 2 aromatic rings. The molecule has 0 bridgehead atoms. The van der Waals surface area contributed by atoms with Crippen LogP contribution in [0, 0.1) is 0 Å². The lowest BCUT2D eigenvalue weighted by atomic mass is 10.1. The normalized spacial score (nSPS) is 10.3. The minimum Gasteiger partial charge on any atom is -0.384 e. The summed E-state index contributed by atoms with van der Waals surface area (Å²) in [6, 6.07) is 10.8. The van der Waals surface area contributed by atoms with Gasteiger partial charge in [-0.05, 0) is 30.2 Å². The number of hydrogen-bond donors (Lipinski definition) is 1. The fourth-order valence-corrected chi connectivity index (χ4v) is 1.98. The summed E-state index contributed by atoms with van der Waals surface area (Å²) >= 11 is 5.78. The second kappa shape index (κ2) is 7.03. The number of para-hydroxylation sites is 1. The highest BCUT2D eigenvalue weighted by molar-refractivity contribution is 6.29. The molecule has 0 aliphatic carbocycles. The Morgan fingerprint density at radius 1 is 1.35 bits per heavy atom. The van der Waals surface area contributed by atoms with Crippen LogP contribution in [0.5, 0.6) is 0 Å². The molecule has 2 rings (SSSR count). The maximum absolute atomic E-state index is 12.2. The Bertz CT molecular complexity index is 602. The smallest absolute Gasteiger partial charge is 0.255 e. The number of hydrogen-bond acceptors (Lipinski definition) is 3. The molecule has 0 radical (unpaired) electrons. The van der Waals surface area contributed by atoms with Gasteiger partial charge in [-0.25, -0.2) is 4.98 Å². The summed E-state index contributed by atoms with van der Waals surface area (Å²) in [5.41, 5.74) is 2.29. The van der Waals surface area contributed by atoms with E-state index in [4.69, 9.17) is 16.3 Å². The number of pyridine rings is 1. The third-order valence-electron chi connectivity index (χ3n) is 2.83. The number of aromatic nitrogens is 1. The molecular formula is C15H15ClN2O2. The number of rotatable bonds is 5. The quantitative estimate of drug-likeness (QED) is 0.861. The van der Waals surface area contributed by atoms with Crippen LogP contribution in [-0.2, 0) is 11.2 Å². The van der Waals surface area contributed by atoms with Crippen molar-refractivity contribution in [2.24, 2.45) is 0 Å². The van der Waals surface area contributed by atoms with Crippen molar-refractivity contribution in [1.29, 1.82) is 0 Å². The van der Waals surface area contributed by atoms with Crippen LogP contribution < -0.4 is 5.32 Å². The Morgan fingerprint density at radius 2 is 2.15 bits per heavy atom. The lowest BCUT2D eigenvalue weighted by molar-refractivity contribution is 0.102. The van der Waals surface area contributed by atoms with Gasteiger partial charge in [0.15, 0.2) is 0 Å². The Kier molecular flexibility index (Phi) is 5.09. The molecule has 0 unspecified atom stereocenters. The molecule has 0 fully saturated rings. The van der Waals surface area contributed by atoms with E-state index < -0.39 is 0 Å². The fourth-order valence-electron chi connectivity index (χ4n) is 1.81. The molecule has 0 aliphatic rings. The second-order valence-electron chi connectivity index (χ2n) is 4.22. The van der Waals surface area contributed by atoms with Crippen LogP contribution in [0.1, 0.15) is 15.9 Å². The molecule has 0 saturated heterocycles. The number of anilines is 1. The third-order valence-corrected chi connectivity index (χ3v) is 3.04. The van der Waals surface area contributed by atoms with Crippen LogP contribution in [0.3, 0.4) is 0 Å².